The second-order valence-electron chi connectivity index (χ2n) is 7.71. The number of aryl methyl sites for hydroxylation is 1. The van der Waals surface area contributed by atoms with Crippen molar-refractivity contribution in [3.63, 3.8) is 0 Å². The molecule has 0 saturated carbocycles. The van der Waals surface area contributed by atoms with Crippen LogP contribution in [0.15, 0.2) is 52.8 Å². The summed E-state index contributed by atoms with van der Waals surface area (Å²) in [6, 6.07) is 11.5. The molecule has 7 nitrogen and oxygen atoms in total. The van der Waals surface area contributed by atoms with Gasteiger partial charge in [-0.05, 0) is 60.6 Å². The van der Waals surface area contributed by atoms with Crippen LogP contribution in [0.5, 0.6) is 5.75 Å². The Morgan fingerprint density at radius 2 is 1.89 bits per heavy atom. The summed E-state index contributed by atoms with van der Waals surface area (Å²) in [5, 5.41) is 10.7. The van der Waals surface area contributed by atoms with Crippen molar-refractivity contribution in [1.29, 1.82) is 0 Å². The van der Waals surface area contributed by atoms with Gasteiger partial charge in [-0.2, -0.15) is 8.78 Å². The van der Waals surface area contributed by atoms with E-state index in [1.165, 1.54) is 22.4 Å². The summed E-state index contributed by atoms with van der Waals surface area (Å²) in [6.45, 7) is 7.23. The lowest BCUT2D eigenvalue weighted by molar-refractivity contribution is -0.115. The SMILES string of the molecule is CO/N=C(/C(=O)NC(C)C)c1cccc(C)c1CO/N=C(\C)C#Cc1ccccc1OC(F)(F)P. The summed E-state index contributed by atoms with van der Waals surface area (Å²) in [6.07, 6.45) is 0. The molecule has 0 heterocycles. The van der Waals surface area contributed by atoms with Crippen LogP contribution in [-0.4, -0.2) is 36.3 Å². The van der Waals surface area contributed by atoms with E-state index in [9.17, 15) is 13.6 Å². The standard InChI is InChI=1S/C25H28F2N3O4P/c1-16(2)28-24(31)23(30-32-5)20-11-8-9-17(3)21(20)15-33-29-18(4)13-14-19-10-6-7-12-22(19)34-25(26,27)35/h6-12,16H,15,35H2,1-5H3,(H,28,31)/b29-18+,30-23+. The minimum absolute atomic E-state index is 0.0394. The van der Waals surface area contributed by atoms with Gasteiger partial charge in [0, 0.05) is 17.2 Å². The zero-order chi connectivity index (χ0) is 26.0. The largest absolute Gasteiger partial charge is 0.429 e. The van der Waals surface area contributed by atoms with Crippen molar-refractivity contribution in [3.8, 4) is 17.6 Å². The molecule has 1 N–H and O–H groups in total. The van der Waals surface area contributed by atoms with Crippen LogP contribution in [-0.2, 0) is 21.1 Å². The molecule has 0 aliphatic heterocycles. The average Bonchev–Trinajstić information content (AvgIpc) is 2.76. The number of para-hydroxylation sites is 1. The maximum Gasteiger partial charge on any atom is 0.408 e. The number of oxime groups is 2. The zero-order valence-electron chi connectivity index (χ0n) is 20.2. The van der Waals surface area contributed by atoms with E-state index >= 15 is 0 Å². The second kappa shape index (κ2) is 12.8. The summed E-state index contributed by atoms with van der Waals surface area (Å²) in [7, 11) is 2.69. The average molecular weight is 503 g/mol. The molecule has 2 aromatic rings. The van der Waals surface area contributed by atoms with Gasteiger partial charge < -0.3 is 19.7 Å². The van der Waals surface area contributed by atoms with Crippen molar-refractivity contribution in [2.75, 3.05) is 7.11 Å². The fourth-order valence-corrected chi connectivity index (χ4v) is 3.06. The van der Waals surface area contributed by atoms with Crippen LogP contribution in [0.1, 0.15) is 43.0 Å². The van der Waals surface area contributed by atoms with Crippen LogP contribution in [0.3, 0.4) is 0 Å². The fraction of sp³-hybridized carbons (Fsp3) is 0.320. The molecular formula is C25H28F2N3O4P. The molecule has 1 unspecified atom stereocenters. The highest BCUT2D eigenvalue weighted by molar-refractivity contribution is 7.17. The van der Waals surface area contributed by atoms with Gasteiger partial charge >= 0.3 is 5.85 Å². The molecule has 186 valence electrons. The Labute approximate surface area is 206 Å². The van der Waals surface area contributed by atoms with E-state index in [0.717, 1.165) is 5.56 Å². The van der Waals surface area contributed by atoms with E-state index in [4.69, 9.17) is 9.68 Å². The summed E-state index contributed by atoms with van der Waals surface area (Å²) in [4.78, 5) is 23.0. The first-order valence-electron chi connectivity index (χ1n) is 10.7. The van der Waals surface area contributed by atoms with Crippen LogP contribution < -0.4 is 10.1 Å². The van der Waals surface area contributed by atoms with Crippen LogP contribution in [0, 0.1) is 18.8 Å². The molecular weight excluding hydrogens is 475 g/mol. The van der Waals surface area contributed by atoms with E-state index in [2.05, 4.69) is 32.2 Å². The molecule has 0 fully saturated rings. The number of halogens is 2. The highest BCUT2D eigenvalue weighted by atomic mass is 31.0. The number of amides is 1. The number of ether oxygens (including phenoxy) is 1. The summed E-state index contributed by atoms with van der Waals surface area (Å²) in [5.41, 5.74) is 2.83. The van der Waals surface area contributed by atoms with Crippen molar-refractivity contribution in [2.24, 2.45) is 10.3 Å². The van der Waals surface area contributed by atoms with Gasteiger partial charge in [0.1, 0.15) is 25.2 Å². The number of alkyl halides is 2. The molecule has 35 heavy (non-hydrogen) atoms. The summed E-state index contributed by atoms with van der Waals surface area (Å²) in [5.74, 6) is 1.68. The van der Waals surface area contributed by atoms with E-state index in [1.54, 1.807) is 37.3 Å². The molecule has 0 aromatic heterocycles. The van der Waals surface area contributed by atoms with E-state index in [0.29, 0.717) is 16.8 Å². The lowest BCUT2D eigenvalue weighted by atomic mass is 9.98. The molecule has 10 heteroatoms. The molecule has 2 rings (SSSR count). The van der Waals surface area contributed by atoms with Crippen molar-refractivity contribution >= 4 is 26.6 Å². The number of benzene rings is 2. The Balaban J connectivity index is 2.23. The van der Waals surface area contributed by atoms with E-state index in [-0.39, 0.29) is 35.6 Å². The van der Waals surface area contributed by atoms with Crippen LogP contribution >= 0.6 is 9.24 Å². The maximum absolute atomic E-state index is 13.2. The molecule has 2 aromatic carbocycles. The van der Waals surface area contributed by atoms with Crippen molar-refractivity contribution in [1.82, 2.24) is 5.32 Å². The first kappa shape index (κ1) is 27.7. The minimum Gasteiger partial charge on any atom is -0.429 e. The molecule has 1 amide bonds. The third-order valence-electron chi connectivity index (χ3n) is 4.40. The first-order chi connectivity index (χ1) is 16.5. The van der Waals surface area contributed by atoms with Crippen molar-refractivity contribution in [2.45, 2.75) is 46.2 Å². The fourth-order valence-electron chi connectivity index (χ4n) is 2.93. The zero-order valence-corrected chi connectivity index (χ0v) is 21.3. The second-order valence-corrected chi connectivity index (χ2v) is 8.38. The molecule has 0 radical (unpaired) electrons. The van der Waals surface area contributed by atoms with Gasteiger partial charge in [-0.25, -0.2) is 0 Å². The number of hydrogen-bond acceptors (Lipinski definition) is 6. The topological polar surface area (TPSA) is 81.5 Å². The van der Waals surface area contributed by atoms with Crippen molar-refractivity contribution < 1.29 is 28.0 Å². The lowest BCUT2D eigenvalue weighted by Gasteiger charge is -2.15. The van der Waals surface area contributed by atoms with Gasteiger partial charge in [-0.1, -0.05) is 46.6 Å². The molecule has 0 aliphatic carbocycles. The highest BCUT2D eigenvalue weighted by Crippen LogP contribution is 2.29. The Kier molecular flexibility index (Phi) is 10.2. The summed E-state index contributed by atoms with van der Waals surface area (Å²) >= 11 is 0. The van der Waals surface area contributed by atoms with Crippen LogP contribution in [0.2, 0.25) is 0 Å². The molecule has 1 atom stereocenters. The first-order valence-corrected chi connectivity index (χ1v) is 11.2. The third-order valence-corrected chi connectivity index (χ3v) is 4.52. The van der Waals surface area contributed by atoms with Gasteiger partial charge in [-0.3, -0.25) is 4.79 Å². The smallest absolute Gasteiger partial charge is 0.408 e. The Hall–Kier alpha value is -3.50. The summed E-state index contributed by atoms with van der Waals surface area (Å²) < 4.78 is 31.0. The highest BCUT2D eigenvalue weighted by Gasteiger charge is 2.24. The van der Waals surface area contributed by atoms with Crippen LogP contribution in [0.25, 0.3) is 0 Å². The number of hydrogen-bond donors (Lipinski definition) is 1. The van der Waals surface area contributed by atoms with Crippen LogP contribution in [0.4, 0.5) is 8.78 Å². The molecule has 0 saturated heterocycles. The molecule has 0 aliphatic rings. The number of nitrogens with zero attached hydrogens (tertiary/aromatic N) is 2. The quantitative estimate of drug-likeness (QED) is 0.234. The Morgan fingerprint density at radius 1 is 1.17 bits per heavy atom. The van der Waals surface area contributed by atoms with Gasteiger partial charge in [0.2, 0.25) is 0 Å². The third kappa shape index (κ3) is 8.99. The lowest BCUT2D eigenvalue weighted by Crippen LogP contribution is -2.37. The Bertz CT molecular complexity index is 1170. The van der Waals surface area contributed by atoms with Gasteiger partial charge in [0.05, 0.1) is 5.56 Å². The Morgan fingerprint density at radius 3 is 2.54 bits per heavy atom. The maximum atomic E-state index is 13.2. The number of nitrogens with one attached hydrogen (secondary N) is 1. The predicted octanol–water partition coefficient (Wildman–Crippen LogP) is 4.62. The molecule has 0 spiro atoms. The van der Waals surface area contributed by atoms with Gasteiger partial charge in [0.25, 0.3) is 5.91 Å². The number of rotatable bonds is 9. The monoisotopic (exact) mass is 503 g/mol. The molecule has 0 bridgehead atoms. The van der Waals surface area contributed by atoms with Gasteiger partial charge in [0.15, 0.2) is 5.71 Å². The van der Waals surface area contributed by atoms with Gasteiger partial charge in [-0.15, -0.1) is 0 Å². The minimum atomic E-state index is -3.41. The number of carbonyl (C=O) groups excluding carboxylic acids is 1. The van der Waals surface area contributed by atoms with E-state index in [1.807, 2.05) is 26.8 Å². The predicted molar refractivity (Wildman–Crippen MR) is 135 cm³/mol. The number of carbonyl (C=O) groups is 1. The van der Waals surface area contributed by atoms with E-state index < -0.39 is 5.85 Å². The normalized spacial score (nSPS) is 12.0. The van der Waals surface area contributed by atoms with Crippen molar-refractivity contribution in [3.05, 3.63) is 64.7 Å².